The standard InChI is InChI=1S/C13H21N5.2ClH/c1-17(2)9-13-8-15-5-11(13)7-18(10-13)12-6-14-3-4-16-12;;/h3-4,6,11,15H,5,7-10H2,1-2H3;2*1H. The average molecular weight is 320 g/mol. The van der Waals surface area contributed by atoms with Gasteiger partial charge in [-0.25, -0.2) is 4.98 Å². The van der Waals surface area contributed by atoms with E-state index in [-0.39, 0.29) is 24.8 Å². The van der Waals surface area contributed by atoms with Crippen molar-refractivity contribution in [2.24, 2.45) is 11.3 Å². The molecule has 1 N–H and O–H groups in total. The van der Waals surface area contributed by atoms with Crippen LogP contribution >= 0.6 is 24.8 Å². The summed E-state index contributed by atoms with van der Waals surface area (Å²) in [6.45, 7) is 5.57. The molecule has 3 heterocycles. The highest BCUT2D eigenvalue weighted by Gasteiger charge is 2.50. The van der Waals surface area contributed by atoms with Crippen LogP contribution in [0.3, 0.4) is 0 Å². The van der Waals surface area contributed by atoms with Crippen molar-refractivity contribution in [3.8, 4) is 0 Å². The molecule has 20 heavy (non-hydrogen) atoms. The van der Waals surface area contributed by atoms with Gasteiger partial charge in [0, 0.05) is 50.5 Å². The molecule has 2 aliphatic rings. The van der Waals surface area contributed by atoms with Crippen molar-refractivity contribution < 1.29 is 0 Å². The second kappa shape index (κ2) is 6.89. The Labute approximate surface area is 133 Å². The molecule has 2 saturated heterocycles. The molecule has 1 aromatic rings. The molecule has 0 spiro atoms. The van der Waals surface area contributed by atoms with Crippen LogP contribution in [0, 0.1) is 11.3 Å². The van der Waals surface area contributed by atoms with Crippen molar-refractivity contribution in [2.75, 3.05) is 51.7 Å². The fraction of sp³-hybridized carbons (Fsp3) is 0.692. The second-order valence-electron chi connectivity index (χ2n) is 5.87. The number of rotatable bonds is 3. The number of anilines is 1. The molecule has 2 fully saturated rings. The largest absolute Gasteiger partial charge is 0.354 e. The summed E-state index contributed by atoms with van der Waals surface area (Å²) >= 11 is 0. The Morgan fingerprint density at radius 2 is 2.20 bits per heavy atom. The van der Waals surface area contributed by atoms with Crippen molar-refractivity contribution in [2.45, 2.75) is 0 Å². The van der Waals surface area contributed by atoms with Gasteiger partial charge in [0.2, 0.25) is 0 Å². The van der Waals surface area contributed by atoms with Gasteiger partial charge in [-0.1, -0.05) is 0 Å². The normalized spacial score (nSPS) is 27.9. The number of nitrogens with one attached hydrogen (secondary N) is 1. The summed E-state index contributed by atoms with van der Waals surface area (Å²) in [6, 6.07) is 0. The van der Waals surface area contributed by atoms with Gasteiger partial charge in [0.1, 0.15) is 5.82 Å². The molecule has 3 rings (SSSR count). The molecule has 2 atom stereocenters. The van der Waals surface area contributed by atoms with Crippen LogP contribution in [-0.4, -0.2) is 61.7 Å². The van der Waals surface area contributed by atoms with E-state index in [1.165, 1.54) is 0 Å². The molecule has 0 bridgehead atoms. The van der Waals surface area contributed by atoms with E-state index >= 15 is 0 Å². The van der Waals surface area contributed by atoms with Gasteiger partial charge in [-0.2, -0.15) is 0 Å². The van der Waals surface area contributed by atoms with Gasteiger partial charge in [-0.05, 0) is 20.0 Å². The van der Waals surface area contributed by atoms with E-state index < -0.39 is 0 Å². The van der Waals surface area contributed by atoms with Crippen molar-refractivity contribution in [3.63, 3.8) is 0 Å². The predicted molar refractivity (Wildman–Crippen MR) is 86.1 cm³/mol. The summed E-state index contributed by atoms with van der Waals surface area (Å²) in [5, 5.41) is 3.55. The Morgan fingerprint density at radius 1 is 1.40 bits per heavy atom. The molecule has 0 aliphatic carbocycles. The second-order valence-corrected chi connectivity index (χ2v) is 5.87. The minimum Gasteiger partial charge on any atom is -0.354 e. The van der Waals surface area contributed by atoms with Crippen molar-refractivity contribution in [3.05, 3.63) is 18.6 Å². The number of halogens is 2. The first-order valence-electron chi connectivity index (χ1n) is 6.56. The molecule has 0 saturated carbocycles. The predicted octanol–water partition coefficient (Wildman–Crippen LogP) is 0.908. The molecule has 0 radical (unpaired) electrons. The number of nitrogens with zero attached hydrogens (tertiary/aromatic N) is 4. The van der Waals surface area contributed by atoms with E-state index in [1.807, 2.05) is 6.20 Å². The third-order valence-electron chi connectivity index (χ3n) is 4.19. The molecule has 7 heteroatoms. The average Bonchev–Trinajstić information content (AvgIpc) is 2.85. The highest BCUT2D eigenvalue weighted by atomic mass is 35.5. The first-order chi connectivity index (χ1) is 8.70. The summed E-state index contributed by atoms with van der Waals surface area (Å²) in [5.74, 6) is 1.74. The lowest BCUT2D eigenvalue weighted by molar-refractivity contribution is 0.205. The molecule has 1 aromatic heterocycles. The maximum atomic E-state index is 4.43. The van der Waals surface area contributed by atoms with Crippen LogP contribution in [0.5, 0.6) is 0 Å². The van der Waals surface area contributed by atoms with Crippen LogP contribution in [-0.2, 0) is 0 Å². The SMILES string of the molecule is CN(C)CC12CNCC1CN(c1cnccn1)C2.Cl.Cl. The monoisotopic (exact) mass is 319 g/mol. The van der Waals surface area contributed by atoms with E-state index in [2.05, 4.69) is 39.2 Å². The van der Waals surface area contributed by atoms with Gasteiger partial charge >= 0.3 is 0 Å². The fourth-order valence-electron chi connectivity index (χ4n) is 3.50. The molecule has 0 amide bonds. The maximum Gasteiger partial charge on any atom is 0.147 e. The quantitative estimate of drug-likeness (QED) is 0.897. The van der Waals surface area contributed by atoms with Crippen LogP contribution in [0.25, 0.3) is 0 Å². The van der Waals surface area contributed by atoms with Crippen molar-refractivity contribution in [1.82, 2.24) is 20.2 Å². The molecular weight excluding hydrogens is 297 g/mol. The van der Waals surface area contributed by atoms with Gasteiger partial charge in [-0.3, -0.25) is 4.98 Å². The molecule has 2 unspecified atom stereocenters. The number of fused-ring (bicyclic) bond motifs is 1. The fourth-order valence-corrected chi connectivity index (χ4v) is 3.50. The highest BCUT2D eigenvalue weighted by molar-refractivity contribution is 5.85. The third kappa shape index (κ3) is 3.17. The zero-order chi connectivity index (χ0) is 12.6. The summed E-state index contributed by atoms with van der Waals surface area (Å²) < 4.78 is 0. The van der Waals surface area contributed by atoms with Gasteiger partial charge < -0.3 is 15.1 Å². The van der Waals surface area contributed by atoms with Crippen LogP contribution in [0.1, 0.15) is 0 Å². The van der Waals surface area contributed by atoms with E-state index in [4.69, 9.17) is 0 Å². The minimum atomic E-state index is 0. The molecule has 2 aliphatic heterocycles. The summed E-state index contributed by atoms with van der Waals surface area (Å²) in [4.78, 5) is 13.3. The number of hydrogen-bond donors (Lipinski definition) is 1. The Balaban J connectivity index is 0.000001000. The number of hydrogen-bond acceptors (Lipinski definition) is 5. The van der Waals surface area contributed by atoms with E-state index in [9.17, 15) is 0 Å². The van der Waals surface area contributed by atoms with Crippen LogP contribution < -0.4 is 10.2 Å². The molecule has 5 nitrogen and oxygen atoms in total. The Hall–Kier alpha value is -0.620. The van der Waals surface area contributed by atoms with Crippen LogP contribution in [0.2, 0.25) is 0 Å². The molecule has 0 aromatic carbocycles. The minimum absolute atomic E-state index is 0. The Kier molecular flexibility index (Phi) is 6.01. The van der Waals surface area contributed by atoms with E-state index in [0.717, 1.165) is 44.5 Å². The lowest BCUT2D eigenvalue weighted by Crippen LogP contribution is -2.41. The van der Waals surface area contributed by atoms with Crippen molar-refractivity contribution in [1.29, 1.82) is 0 Å². The zero-order valence-corrected chi connectivity index (χ0v) is 13.6. The van der Waals surface area contributed by atoms with Crippen LogP contribution in [0.4, 0.5) is 5.82 Å². The van der Waals surface area contributed by atoms with Gasteiger partial charge in [-0.15, -0.1) is 24.8 Å². The van der Waals surface area contributed by atoms with E-state index in [0.29, 0.717) is 5.41 Å². The van der Waals surface area contributed by atoms with Crippen LogP contribution in [0.15, 0.2) is 18.6 Å². The Morgan fingerprint density at radius 3 is 2.85 bits per heavy atom. The number of aromatic nitrogens is 2. The van der Waals surface area contributed by atoms with Crippen molar-refractivity contribution >= 4 is 30.6 Å². The lowest BCUT2D eigenvalue weighted by Gasteiger charge is -2.31. The summed E-state index contributed by atoms with van der Waals surface area (Å²) in [7, 11) is 4.32. The topological polar surface area (TPSA) is 44.3 Å². The Bertz CT molecular complexity index is 416. The van der Waals surface area contributed by atoms with Gasteiger partial charge in [0.25, 0.3) is 0 Å². The first kappa shape index (κ1) is 17.4. The highest BCUT2D eigenvalue weighted by Crippen LogP contribution is 2.40. The van der Waals surface area contributed by atoms with Gasteiger partial charge in [0.15, 0.2) is 0 Å². The summed E-state index contributed by atoms with van der Waals surface area (Å²) in [6.07, 6.45) is 5.38. The third-order valence-corrected chi connectivity index (χ3v) is 4.19. The summed E-state index contributed by atoms with van der Waals surface area (Å²) in [5.41, 5.74) is 0.376. The molecule has 114 valence electrons. The first-order valence-corrected chi connectivity index (χ1v) is 6.56. The maximum absolute atomic E-state index is 4.43. The smallest absolute Gasteiger partial charge is 0.147 e. The zero-order valence-electron chi connectivity index (χ0n) is 12.0. The van der Waals surface area contributed by atoms with Gasteiger partial charge in [0.05, 0.1) is 6.20 Å². The lowest BCUT2D eigenvalue weighted by atomic mass is 9.80. The van der Waals surface area contributed by atoms with E-state index in [1.54, 1.807) is 12.4 Å². The molecular formula is C13H23Cl2N5.